The average molecular weight is 433 g/mol. The van der Waals surface area contributed by atoms with Gasteiger partial charge in [-0.1, -0.05) is 12.1 Å². The van der Waals surface area contributed by atoms with Gasteiger partial charge in [0.2, 0.25) is 15.9 Å². The zero-order valence-electron chi connectivity index (χ0n) is 17.6. The molecule has 1 N–H and O–H groups in total. The summed E-state index contributed by atoms with van der Waals surface area (Å²) in [6, 6.07) is 13.1. The molecule has 1 aliphatic rings. The number of rotatable bonds is 7. The lowest BCUT2D eigenvalue weighted by atomic mass is 9.97. The van der Waals surface area contributed by atoms with Crippen LogP contribution in [0.1, 0.15) is 19.8 Å². The average Bonchev–Trinajstić information content (AvgIpc) is 2.79. The van der Waals surface area contributed by atoms with E-state index in [2.05, 4.69) is 5.32 Å². The van der Waals surface area contributed by atoms with Gasteiger partial charge >= 0.3 is 0 Å². The summed E-state index contributed by atoms with van der Waals surface area (Å²) < 4.78 is 36.2. The van der Waals surface area contributed by atoms with Crippen LogP contribution in [-0.4, -0.2) is 51.7 Å². The van der Waals surface area contributed by atoms with E-state index in [1.165, 1.54) is 4.31 Å². The predicted molar refractivity (Wildman–Crippen MR) is 117 cm³/mol. The maximum atomic E-state index is 12.8. The van der Waals surface area contributed by atoms with Crippen LogP contribution < -0.4 is 14.8 Å². The van der Waals surface area contributed by atoms with Crippen molar-refractivity contribution in [3.63, 3.8) is 0 Å². The van der Waals surface area contributed by atoms with E-state index in [9.17, 15) is 13.2 Å². The normalized spacial score (nSPS) is 15.6. The van der Waals surface area contributed by atoms with Gasteiger partial charge in [0, 0.05) is 30.3 Å². The second-order valence-corrected chi connectivity index (χ2v) is 9.46. The minimum Gasteiger partial charge on any atom is -0.497 e. The highest BCUT2D eigenvalue weighted by Gasteiger charge is 2.30. The van der Waals surface area contributed by atoms with Crippen LogP contribution in [-0.2, 0) is 14.8 Å². The third-order valence-electron chi connectivity index (χ3n) is 5.45. The molecule has 0 aliphatic carbocycles. The first-order valence-electron chi connectivity index (χ1n) is 9.99. The molecular weight excluding hydrogens is 404 g/mol. The standard InChI is InChI=1S/C22H28N2O5S/c1-4-30(26,27)24-13-11-17(12-14-24)22(25)23-18-7-10-21(29-3)20(15-18)16-5-8-19(28-2)9-6-16/h5-10,15,17H,4,11-14H2,1-3H3,(H,23,25). The van der Waals surface area contributed by atoms with E-state index in [1.54, 1.807) is 27.2 Å². The quantitative estimate of drug-likeness (QED) is 0.725. The fraction of sp³-hybridized carbons (Fsp3) is 0.409. The van der Waals surface area contributed by atoms with Crippen LogP contribution in [0.3, 0.4) is 0 Å². The van der Waals surface area contributed by atoms with Crippen molar-refractivity contribution in [1.29, 1.82) is 0 Å². The van der Waals surface area contributed by atoms with Crippen molar-refractivity contribution >= 4 is 21.6 Å². The van der Waals surface area contributed by atoms with Gasteiger partial charge in [-0.2, -0.15) is 0 Å². The van der Waals surface area contributed by atoms with Gasteiger partial charge in [0.05, 0.1) is 20.0 Å². The van der Waals surface area contributed by atoms with Crippen molar-refractivity contribution < 1.29 is 22.7 Å². The molecule has 8 heteroatoms. The second-order valence-electron chi connectivity index (χ2n) is 7.21. The van der Waals surface area contributed by atoms with Crippen molar-refractivity contribution in [2.45, 2.75) is 19.8 Å². The molecule has 0 unspecified atom stereocenters. The Morgan fingerprint density at radius 1 is 1.07 bits per heavy atom. The van der Waals surface area contributed by atoms with E-state index in [4.69, 9.17) is 9.47 Å². The number of benzene rings is 2. The summed E-state index contributed by atoms with van der Waals surface area (Å²) in [6.07, 6.45) is 1.04. The summed E-state index contributed by atoms with van der Waals surface area (Å²) in [5.74, 6) is 1.26. The smallest absolute Gasteiger partial charge is 0.227 e. The predicted octanol–water partition coefficient (Wildman–Crippen LogP) is 3.37. The first-order valence-corrected chi connectivity index (χ1v) is 11.6. The fourth-order valence-corrected chi connectivity index (χ4v) is 4.74. The molecule has 162 valence electrons. The molecule has 1 aliphatic heterocycles. The van der Waals surface area contributed by atoms with Crippen LogP contribution >= 0.6 is 0 Å². The van der Waals surface area contributed by atoms with Gasteiger partial charge in [-0.25, -0.2) is 12.7 Å². The first-order chi connectivity index (χ1) is 14.4. The van der Waals surface area contributed by atoms with E-state index in [1.807, 2.05) is 36.4 Å². The number of nitrogens with zero attached hydrogens (tertiary/aromatic N) is 1. The second kappa shape index (κ2) is 9.49. The van der Waals surface area contributed by atoms with Gasteiger partial charge in [-0.15, -0.1) is 0 Å². The number of piperidine rings is 1. The molecule has 2 aromatic carbocycles. The number of anilines is 1. The SMILES string of the molecule is CCS(=O)(=O)N1CCC(C(=O)Nc2ccc(OC)c(-c3ccc(OC)cc3)c2)CC1. The maximum Gasteiger partial charge on any atom is 0.227 e. The van der Waals surface area contributed by atoms with Crippen molar-refractivity contribution in [3.8, 4) is 22.6 Å². The number of nitrogens with one attached hydrogen (secondary N) is 1. The zero-order valence-corrected chi connectivity index (χ0v) is 18.4. The molecule has 30 heavy (non-hydrogen) atoms. The number of amides is 1. The molecule has 1 saturated heterocycles. The van der Waals surface area contributed by atoms with Gasteiger partial charge in [-0.3, -0.25) is 4.79 Å². The summed E-state index contributed by atoms with van der Waals surface area (Å²) in [5.41, 5.74) is 2.49. The van der Waals surface area contributed by atoms with Crippen LogP contribution in [0, 0.1) is 5.92 Å². The number of ether oxygens (including phenoxy) is 2. The number of carbonyl (C=O) groups is 1. The Morgan fingerprint density at radius 3 is 2.30 bits per heavy atom. The van der Waals surface area contributed by atoms with Gasteiger partial charge in [-0.05, 0) is 55.7 Å². The third kappa shape index (κ3) is 4.94. The maximum absolute atomic E-state index is 12.8. The lowest BCUT2D eigenvalue weighted by Gasteiger charge is -2.30. The summed E-state index contributed by atoms with van der Waals surface area (Å²) in [5, 5.41) is 2.98. The number of hydrogen-bond donors (Lipinski definition) is 1. The molecule has 0 aromatic heterocycles. The topological polar surface area (TPSA) is 84.9 Å². The molecular formula is C22H28N2O5S. The number of sulfonamides is 1. The van der Waals surface area contributed by atoms with Crippen LogP contribution in [0.5, 0.6) is 11.5 Å². The number of methoxy groups -OCH3 is 2. The minimum absolute atomic E-state index is 0.0872. The molecule has 3 rings (SSSR count). The molecule has 0 saturated carbocycles. The Kier molecular flexibility index (Phi) is 6.99. The highest BCUT2D eigenvalue weighted by Crippen LogP contribution is 2.34. The largest absolute Gasteiger partial charge is 0.497 e. The van der Waals surface area contributed by atoms with Crippen molar-refractivity contribution in [2.24, 2.45) is 5.92 Å². The lowest BCUT2D eigenvalue weighted by Crippen LogP contribution is -2.42. The Bertz CT molecular complexity index is 981. The highest BCUT2D eigenvalue weighted by molar-refractivity contribution is 7.89. The van der Waals surface area contributed by atoms with Crippen LogP contribution in [0.2, 0.25) is 0 Å². The fourth-order valence-electron chi connectivity index (χ4n) is 3.60. The van der Waals surface area contributed by atoms with Crippen molar-refractivity contribution in [3.05, 3.63) is 42.5 Å². The Balaban J connectivity index is 1.71. The van der Waals surface area contributed by atoms with Gasteiger partial charge in [0.15, 0.2) is 0 Å². The van der Waals surface area contributed by atoms with Crippen LogP contribution in [0.25, 0.3) is 11.1 Å². The molecule has 2 aromatic rings. The van der Waals surface area contributed by atoms with E-state index in [-0.39, 0.29) is 17.6 Å². The van der Waals surface area contributed by atoms with Crippen LogP contribution in [0.15, 0.2) is 42.5 Å². The Hall–Kier alpha value is -2.58. The van der Waals surface area contributed by atoms with E-state index < -0.39 is 10.0 Å². The van der Waals surface area contributed by atoms with Crippen LogP contribution in [0.4, 0.5) is 5.69 Å². The molecule has 0 radical (unpaired) electrons. The summed E-state index contributed by atoms with van der Waals surface area (Å²) in [7, 11) is 0.0293. The van der Waals surface area contributed by atoms with Crippen molar-refractivity contribution in [1.82, 2.24) is 4.31 Å². The molecule has 1 fully saturated rings. The van der Waals surface area contributed by atoms with Gasteiger partial charge < -0.3 is 14.8 Å². The molecule has 0 atom stereocenters. The highest BCUT2D eigenvalue weighted by atomic mass is 32.2. The molecule has 7 nitrogen and oxygen atoms in total. The van der Waals surface area contributed by atoms with Gasteiger partial charge in [0.1, 0.15) is 11.5 Å². The number of carbonyl (C=O) groups excluding carboxylic acids is 1. The summed E-state index contributed by atoms with van der Waals surface area (Å²) in [4.78, 5) is 12.8. The minimum atomic E-state index is -3.20. The Morgan fingerprint density at radius 2 is 1.73 bits per heavy atom. The molecule has 1 heterocycles. The Labute approximate surface area is 178 Å². The van der Waals surface area contributed by atoms with E-state index in [0.717, 1.165) is 16.9 Å². The molecule has 0 spiro atoms. The van der Waals surface area contributed by atoms with E-state index in [0.29, 0.717) is 37.4 Å². The zero-order chi connectivity index (χ0) is 21.7. The molecule has 1 amide bonds. The molecule has 0 bridgehead atoms. The first kappa shape index (κ1) is 22.1. The third-order valence-corrected chi connectivity index (χ3v) is 7.33. The van der Waals surface area contributed by atoms with Gasteiger partial charge in [0.25, 0.3) is 0 Å². The lowest BCUT2D eigenvalue weighted by molar-refractivity contribution is -0.120. The summed E-state index contributed by atoms with van der Waals surface area (Å²) >= 11 is 0. The van der Waals surface area contributed by atoms with Crippen molar-refractivity contribution in [2.75, 3.05) is 38.4 Å². The number of hydrogen-bond acceptors (Lipinski definition) is 5. The van der Waals surface area contributed by atoms with E-state index >= 15 is 0 Å². The summed E-state index contributed by atoms with van der Waals surface area (Å²) in [6.45, 7) is 2.40. The monoisotopic (exact) mass is 432 g/mol.